The molecule has 0 radical (unpaired) electrons. The van der Waals surface area contributed by atoms with Crippen molar-refractivity contribution >= 4 is 28.5 Å². The number of hydrogen-bond donors (Lipinski definition) is 0. The summed E-state index contributed by atoms with van der Waals surface area (Å²) < 4.78 is 7.70. The van der Waals surface area contributed by atoms with Gasteiger partial charge in [0, 0.05) is 10.7 Å². The second kappa shape index (κ2) is 8.84. The van der Waals surface area contributed by atoms with E-state index >= 15 is 0 Å². The summed E-state index contributed by atoms with van der Waals surface area (Å²) in [4.78, 5) is 35.5. The Hall–Kier alpha value is -3.65. The smallest absolute Gasteiger partial charge is 0.347 e. The number of aryl methyl sites for hydroxylation is 3. The van der Waals surface area contributed by atoms with Crippen molar-refractivity contribution in [2.24, 2.45) is 0 Å². The van der Waals surface area contributed by atoms with Crippen molar-refractivity contribution in [3.8, 4) is 5.95 Å². The van der Waals surface area contributed by atoms with Gasteiger partial charge in [0.15, 0.2) is 0 Å². The summed E-state index contributed by atoms with van der Waals surface area (Å²) in [6, 6.07) is 14.3. The Morgan fingerprint density at radius 1 is 1.06 bits per heavy atom. The molecule has 4 rings (SSSR count). The second-order valence-electron chi connectivity index (χ2n) is 7.43. The highest BCUT2D eigenvalue weighted by molar-refractivity contribution is 6.31. The van der Waals surface area contributed by atoms with E-state index in [2.05, 4.69) is 10.1 Å². The molecule has 164 valence electrons. The molecular weight excluding hydrogens is 432 g/mol. The summed E-state index contributed by atoms with van der Waals surface area (Å²) in [7, 11) is 0. The average Bonchev–Trinajstić information content (AvgIpc) is 3.10. The molecule has 4 aromatic rings. The minimum absolute atomic E-state index is 0.104. The zero-order valence-electron chi connectivity index (χ0n) is 17.8. The first kappa shape index (κ1) is 21.6. The molecule has 2 heterocycles. The molecule has 0 spiro atoms. The number of nitrogens with zero attached hydrogens (tertiary/aromatic N) is 4. The van der Waals surface area contributed by atoms with Gasteiger partial charge in [-0.15, -0.1) is 4.73 Å². The van der Waals surface area contributed by atoms with Crippen molar-refractivity contribution in [1.29, 1.82) is 0 Å². The van der Waals surface area contributed by atoms with Gasteiger partial charge < -0.3 is 9.57 Å². The van der Waals surface area contributed by atoms with Crippen LogP contribution in [0, 0.1) is 20.8 Å². The molecule has 0 amide bonds. The predicted octanol–water partition coefficient (Wildman–Crippen LogP) is 3.33. The molecule has 0 aliphatic rings. The van der Waals surface area contributed by atoms with E-state index in [1.807, 2.05) is 51.1 Å². The van der Waals surface area contributed by atoms with Crippen molar-refractivity contribution in [3.05, 3.63) is 86.4 Å². The molecule has 0 aliphatic carbocycles. The fourth-order valence-corrected chi connectivity index (χ4v) is 3.39. The highest BCUT2D eigenvalue weighted by atomic mass is 35.5. The van der Waals surface area contributed by atoms with Crippen LogP contribution in [0.25, 0.3) is 16.9 Å². The number of esters is 1. The third-order valence-corrected chi connectivity index (χ3v) is 5.04. The van der Waals surface area contributed by atoms with Gasteiger partial charge in [-0.3, -0.25) is 4.79 Å². The molecular formula is C23H21ClN4O4. The molecule has 0 aliphatic heterocycles. The lowest BCUT2D eigenvalue weighted by Gasteiger charge is -2.14. The van der Waals surface area contributed by atoms with Crippen LogP contribution in [-0.2, 0) is 16.1 Å². The molecule has 2 aromatic carbocycles. The summed E-state index contributed by atoms with van der Waals surface area (Å²) in [5.74, 6) is -0.496. The Labute approximate surface area is 188 Å². The SMILES string of the molecule is Cc1ccc(COC(=O)COn2c(-n3nc(C)cc3C)nc3ccc(Cl)cc3c2=O)cc1. The normalized spacial score (nSPS) is 11.0. The van der Waals surface area contributed by atoms with Crippen molar-refractivity contribution in [2.45, 2.75) is 27.4 Å². The zero-order chi connectivity index (χ0) is 22.8. The molecule has 0 N–H and O–H groups in total. The number of fused-ring (bicyclic) bond motifs is 1. The van der Waals surface area contributed by atoms with Gasteiger partial charge in [0.2, 0.25) is 6.61 Å². The molecule has 0 saturated carbocycles. The summed E-state index contributed by atoms with van der Waals surface area (Å²) >= 11 is 6.06. The maximum absolute atomic E-state index is 13.2. The number of ether oxygens (including phenoxy) is 1. The lowest BCUT2D eigenvalue weighted by atomic mass is 10.2. The highest BCUT2D eigenvalue weighted by Crippen LogP contribution is 2.17. The fourth-order valence-electron chi connectivity index (χ4n) is 3.22. The quantitative estimate of drug-likeness (QED) is 0.417. The van der Waals surface area contributed by atoms with E-state index in [9.17, 15) is 9.59 Å². The Morgan fingerprint density at radius 3 is 2.50 bits per heavy atom. The van der Waals surface area contributed by atoms with Gasteiger partial charge in [-0.1, -0.05) is 41.4 Å². The van der Waals surface area contributed by atoms with Crippen LogP contribution in [0.3, 0.4) is 0 Å². The van der Waals surface area contributed by atoms with Gasteiger partial charge in [0.1, 0.15) is 6.61 Å². The van der Waals surface area contributed by atoms with Gasteiger partial charge >= 0.3 is 5.97 Å². The van der Waals surface area contributed by atoms with E-state index in [-0.39, 0.29) is 17.9 Å². The van der Waals surface area contributed by atoms with E-state index in [1.165, 1.54) is 10.7 Å². The molecule has 0 fully saturated rings. The van der Waals surface area contributed by atoms with Crippen LogP contribution < -0.4 is 10.4 Å². The van der Waals surface area contributed by atoms with Crippen LogP contribution >= 0.6 is 11.6 Å². The van der Waals surface area contributed by atoms with Crippen molar-refractivity contribution in [1.82, 2.24) is 19.5 Å². The van der Waals surface area contributed by atoms with Crippen LogP contribution in [-0.4, -0.2) is 32.1 Å². The molecule has 9 heteroatoms. The van der Waals surface area contributed by atoms with Gasteiger partial charge in [0.25, 0.3) is 11.5 Å². The third-order valence-electron chi connectivity index (χ3n) is 4.81. The topological polar surface area (TPSA) is 88.2 Å². The third kappa shape index (κ3) is 4.50. The lowest BCUT2D eigenvalue weighted by Crippen LogP contribution is -2.35. The first-order valence-electron chi connectivity index (χ1n) is 9.92. The molecule has 0 unspecified atom stereocenters. The van der Waals surface area contributed by atoms with Crippen molar-refractivity contribution in [2.75, 3.05) is 6.61 Å². The number of benzene rings is 2. The number of carbonyl (C=O) groups excluding carboxylic acids is 1. The predicted molar refractivity (Wildman–Crippen MR) is 120 cm³/mol. The Bertz CT molecular complexity index is 1360. The minimum Gasteiger partial charge on any atom is -0.458 e. The van der Waals surface area contributed by atoms with Gasteiger partial charge in [-0.25, -0.2) is 14.5 Å². The first-order chi connectivity index (χ1) is 15.3. The molecule has 0 atom stereocenters. The molecule has 8 nitrogen and oxygen atoms in total. The zero-order valence-corrected chi connectivity index (χ0v) is 18.6. The molecule has 2 aromatic heterocycles. The largest absolute Gasteiger partial charge is 0.458 e. The Morgan fingerprint density at radius 2 is 1.81 bits per heavy atom. The number of hydrogen-bond acceptors (Lipinski definition) is 6. The van der Waals surface area contributed by atoms with Crippen molar-refractivity contribution < 1.29 is 14.4 Å². The van der Waals surface area contributed by atoms with E-state index in [0.29, 0.717) is 10.5 Å². The van der Waals surface area contributed by atoms with Crippen LogP contribution in [0.5, 0.6) is 0 Å². The summed E-state index contributed by atoms with van der Waals surface area (Å²) in [6.45, 7) is 5.26. The summed E-state index contributed by atoms with van der Waals surface area (Å²) in [6.07, 6.45) is 0. The maximum atomic E-state index is 13.2. The highest BCUT2D eigenvalue weighted by Gasteiger charge is 2.18. The van der Waals surface area contributed by atoms with Crippen LogP contribution in [0.4, 0.5) is 0 Å². The summed E-state index contributed by atoms with van der Waals surface area (Å²) in [5, 5.41) is 5.04. The monoisotopic (exact) mass is 452 g/mol. The van der Waals surface area contributed by atoms with Gasteiger partial charge in [-0.05, 0) is 50.6 Å². The Kier molecular flexibility index (Phi) is 5.96. The van der Waals surface area contributed by atoms with Gasteiger partial charge in [-0.2, -0.15) is 5.10 Å². The molecule has 0 saturated heterocycles. The minimum atomic E-state index is -0.622. The Balaban J connectivity index is 1.62. The standard InChI is InChI=1S/C23H21ClN4O4/c1-14-4-6-17(7-5-14)12-31-21(29)13-32-28-22(30)19-11-18(24)8-9-20(19)25-23(28)27-16(3)10-15(2)26-27/h4-11H,12-13H2,1-3H3. The van der Waals surface area contributed by atoms with Crippen LogP contribution in [0.15, 0.2) is 53.3 Å². The van der Waals surface area contributed by atoms with E-state index in [0.717, 1.165) is 27.2 Å². The van der Waals surface area contributed by atoms with Crippen LogP contribution in [0.2, 0.25) is 5.02 Å². The van der Waals surface area contributed by atoms with E-state index in [4.69, 9.17) is 21.2 Å². The number of carbonyl (C=O) groups is 1. The average molecular weight is 453 g/mol. The van der Waals surface area contributed by atoms with E-state index in [1.54, 1.807) is 12.1 Å². The number of rotatable bonds is 6. The first-order valence-corrected chi connectivity index (χ1v) is 10.3. The second-order valence-corrected chi connectivity index (χ2v) is 7.87. The van der Waals surface area contributed by atoms with Crippen molar-refractivity contribution in [3.63, 3.8) is 0 Å². The lowest BCUT2D eigenvalue weighted by molar-refractivity contribution is -0.150. The maximum Gasteiger partial charge on any atom is 0.347 e. The fraction of sp³-hybridized carbons (Fsp3) is 0.217. The number of aromatic nitrogens is 4. The molecule has 0 bridgehead atoms. The molecule has 32 heavy (non-hydrogen) atoms. The van der Waals surface area contributed by atoms with Crippen LogP contribution in [0.1, 0.15) is 22.5 Å². The van der Waals surface area contributed by atoms with Gasteiger partial charge in [0.05, 0.1) is 16.6 Å². The number of halogens is 1. The van der Waals surface area contributed by atoms with E-state index < -0.39 is 18.1 Å². The summed E-state index contributed by atoms with van der Waals surface area (Å²) in [5.41, 5.74) is 3.39.